The van der Waals surface area contributed by atoms with Gasteiger partial charge in [0.15, 0.2) is 0 Å². The van der Waals surface area contributed by atoms with Gasteiger partial charge in [0.2, 0.25) is 0 Å². The Kier molecular flexibility index (Phi) is 4.25. The molecule has 2 aromatic rings. The monoisotopic (exact) mass is 265 g/mol. The molecular weight excluding hydrogens is 246 g/mol. The first-order valence-electron chi connectivity index (χ1n) is 6.54. The van der Waals surface area contributed by atoms with Crippen LogP contribution in [-0.4, -0.2) is 22.1 Å². The zero-order valence-corrected chi connectivity index (χ0v) is 12.0. The van der Waals surface area contributed by atoms with Gasteiger partial charge < -0.3 is 9.88 Å². The van der Waals surface area contributed by atoms with Crippen LogP contribution in [0.2, 0.25) is 5.02 Å². The van der Waals surface area contributed by atoms with Gasteiger partial charge in [0.05, 0.1) is 16.1 Å². The number of fused-ring (bicyclic) bond motifs is 1. The van der Waals surface area contributed by atoms with E-state index in [-0.39, 0.29) is 0 Å². The van der Waals surface area contributed by atoms with Crippen molar-refractivity contribution in [2.24, 2.45) is 0 Å². The molecule has 1 atom stereocenters. The summed E-state index contributed by atoms with van der Waals surface area (Å²) in [5.74, 6) is 1.11. The molecule has 0 radical (unpaired) electrons. The predicted molar refractivity (Wildman–Crippen MR) is 77.3 cm³/mol. The van der Waals surface area contributed by atoms with E-state index in [4.69, 9.17) is 16.6 Å². The number of aryl methyl sites for hydroxylation is 1. The molecule has 0 fully saturated rings. The molecule has 0 aliphatic rings. The highest BCUT2D eigenvalue weighted by Crippen LogP contribution is 2.25. The number of likely N-dealkylation sites (N-methyl/N-ethyl adjacent to an activating group) is 1. The molecule has 4 heteroatoms. The van der Waals surface area contributed by atoms with Crippen LogP contribution in [0, 0.1) is 0 Å². The summed E-state index contributed by atoms with van der Waals surface area (Å²) < 4.78 is 2.21. The molecule has 98 valence electrons. The quantitative estimate of drug-likeness (QED) is 0.899. The maximum Gasteiger partial charge on any atom is 0.111 e. The summed E-state index contributed by atoms with van der Waals surface area (Å²) in [5.41, 5.74) is 2.04. The lowest BCUT2D eigenvalue weighted by molar-refractivity contribution is 0.538. The zero-order chi connectivity index (χ0) is 13.1. The van der Waals surface area contributed by atoms with E-state index >= 15 is 0 Å². The molecule has 0 aliphatic carbocycles. The fourth-order valence-electron chi connectivity index (χ4n) is 2.38. The molecule has 0 amide bonds. The van der Waals surface area contributed by atoms with Crippen molar-refractivity contribution in [2.75, 3.05) is 6.54 Å². The summed E-state index contributed by atoms with van der Waals surface area (Å²) >= 11 is 6.28. The van der Waals surface area contributed by atoms with E-state index in [9.17, 15) is 0 Å². The third kappa shape index (κ3) is 2.52. The Hall–Kier alpha value is -1.06. The summed E-state index contributed by atoms with van der Waals surface area (Å²) in [4.78, 5) is 4.71. The number of hydrogen-bond acceptors (Lipinski definition) is 2. The minimum Gasteiger partial charge on any atom is -0.327 e. The van der Waals surface area contributed by atoms with Crippen LogP contribution in [0.3, 0.4) is 0 Å². The van der Waals surface area contributed by atoms with Gasteiger partial charge in [-0.25, -0.2) is 4.98 Å². The average Bonchev–Trinajstić information content (AvgIpc) is 2.68. The lowest BCUT2D eigenvalue weighted by Gasteiger charge is -2.13. The Morgan fingerprint density at radius 2 is 2.17 bits per heavy atom. The number of nitrogens with one attached hydrogen (secondary N) is 1. The number of hydrogen-bond donors (Lipinski definition) is 1. The fourth-order valence-corrected chi connectivity index (χ4v) is 2.65. The number of nitrogens with zero attached hydrogens (tertiary/aromatic N) is 2. The standard InChI is InChI=1S/C14H20ClN3/c1-4-16-10(3)9-13-17-12-8-6-7-11(15)14(12)18(13)5-2/h6-8,10,16H,4-5,9H2,1-3H3. The van der Waals surface area contributed by atoms with E-state index in [0.717, 1.165) is 41.4 Å². The Morgan fingerprint density at radius 1 is 1.39 bits per heavy atom. The minimum atomic E-state index is 0.427. The molecule has 0 spiro atoms. The first-order chi connectivity index (χ1) is 8.67. The molecule has 1 aromatic carbocycles. The number of halogens is 1. The molecule has 1 N–H and O–H groups in total. The van der Waals surface area contributed by atoms with Crippen LogP contribution >= 0.6 is 11.6 Å². The van der Waals surface area contributed by atoms with Gasteiger partial charge >= 0.3 is 0 Å². The van der Waals surface area contributed by atoms with Crippen molar-refractivity contribution in [3.8, 4) is 0 Å². The van der Waals surface area contributed by atoms with Crippen LogP contribution in [-0.2, 0) is 13.0 Å². The Morgan fingerprint density at radius 3 is 2.83 bits per heavy atom. The average molecular weight is 266 g/mol. The Bertz CT molecular complexity index is 533. The molecule has 0 saturated heterocycles. The summed E-state index contributed by atoms with van der Waals surface area (Å²) in [7, 11) is 0. The van der Waals surface area contributed by atoms with E-state index in [2.05, 4.69) is 30.7 Å². The van der Waals surface area contributed by atoms with Crippen molar-refractivity contribution in [3.63, 3.8) is 0 Å². The smallest absolute Gasteiger partial charge is 0.111 e. The highest BCUT2D eigenvalue weighted by atomic mass is 35.5. The molecule has 1 heterocycles. The van der Waals surface area contributed by atoms with E-state index in [1.54, 1.807) is 0 Å². The lowest BCUT2D eigenvalue weighted by atomic mass is 10.2. The van der Waals surface area contributed by atoms with Gasteiger partial charge in [0.1, 0.15) is 5.82 Å². The van der Waals surface area contributed by atoms with Gasteiger partial charge in [-0.1, -0.05) is 24.6 Å². The van der Waals surface area contributed by atoms with Crippen molar-refractivity contribution in [3.05, 3.63) is 29.0 Å². The fraction of sp³-hybridized carbons (Fsp3) is 0.500. The summed E-state index contributed by atoms with van der Waals surface area (Å²) in [5, 5.41) is 4.20. The van der Waals surface area contributed by atoms with Crippen molar-refractivity contribution in [2.45, 2.75) is 39.8 Å². The van der Waals surface area contributed by atoms with Crippen LogP contribution in [0.4, 0.5) is 0 Å². The normalized spacial score (nSPS) is 13.1. The van der Waals surface area contributed by atoms with Crippen molar-refractivity contribution in [1.82, 2.24) is 14.9 Å². The Balaban J connectivity index is 2.41. The number of para-hydroxylation sites is 1. The van der Waals surface area contributed by atoms with Crippen LogP contribution in [0.1, 0.15) is 26.6 Å². The molecule has 0 aliphatic heterocycles. The maximum absolute atomic E-state index is 6.28. The molecular formula is C14H20ClN3. The SMILES string of the molecule is CCNC(C)Cc1nc2cccc(Cl)c2n1CC. The molecule has 18 heavy (non-hydrogen) atoms. The second kappa shape index (κ2) is 5.72. The van der Waals surface area contributed by atoms with Crippen molar-refractivity contribution < 1.29 is 0 Å². The summed E-state index contributed by atoms with van der Waals surface area (Å²) in [6.45, 7) is 8.31. The molecule has 0 bridgehead atoms. The van der Waals surface area contributed by atoms with Crippen molar-refractivity contribution >= 4 is 22.6 Å². The van der Waals surface area contributed by atoms with E-state index in [0.29, 0.717) is 6.04 Å². The van der Waals surface area contributed by atoms with Gasteiger partial charge in [-0.15, -0.1) is 0 Å². The zero-order valence-electron chi connectivity index (χ0n) is 11.2. The predicted octanol–water partition coefficient (Wildman–Crippen LogP) is 3.25. The third-order valence-electron chi connectivity index (χ3n) is 3.15. The van der Waals surface area contributed by atoms with Gasteiger partial charge in [-0.3, -0.25) is 0 Å². The van der Waals surface area contributed by atoms with Crippen LogP contribution < -0.4 is 5.32 Å². The lowest BCUT2D eigenvalue weighted by Crippen LogP contribution is -2.28. The van der Waals surface area contributed by atoms with Crippen LogP contribution in [0.25, 0.3) is 11.0 Å². The maximum atomic E-state index is 6.28. The van der Waals surface area contributed by atoms with E-state index < -0.39 is 0 Å². The van der Waals surface area contributed by atoms with Crippen LogP contribution in [0.5, 0.6) is 0 Å². The molecule has 1 aromatic heterocycles. The van der Waals surface area contributed by atoms with E-state index in [1.165, 1.54) is 0 Å². The number of aromatic nitrogens is 2. The van der Waals surface area contributed by atoms with Gasteiger partial charge in [0, 0.05) is 19.0 Å². The summed E-state index contributed by atoms with van der Waals surface area (Å²) in [6.07, 6.45) is 0.923. The largest absolute Gasteiger partial charge is 0.327 e. The van der Waals surface area contributed by atoms with Gasteiger partial charge in [-0.2, -0.15) is 0 Å². The second-order valence-electron chi connectivity index (χ2n) is 4.54. The molecule has 3 nitrogen and oxygen atoms in total. The number of rotatable bonds is 5. The first kappa shape index (κ1) is 13.4. The highest BCUT2D eigenvalue weighted by molar-refractivity contribution is 6.35. The number of benzene rings is 1. The third-order valence-corrected chi connectivity index (χ3v) is 3.46. The highest BCUT2D eigenvalue weighted by Gasteiger charge is 2.14. The van der Waals surface area contributed by atoms with Gasteiger partial charge in [-0.05, 0) is 32.5 Å². The Labute approximate surface area is 113 Å². The molecule has 0 saturated carbocycles. The van der Waals surface area contributed by atoms with E-state index in [1.807, 2.05) is 18.2 Å². The van der Waals surface area contributed by atoms with Crippen molar-refractivity contribution in [1.29, 1.82) is 0 Å². The molecule has 2 rings (SSSR count). The van der Waals surface area contributed by atoms with Crippen LogP contribution in [0.15, 0.2) is 18.2 Å². The molecule has 1 unspecified atom stereocenters. The minimum absolute atomic E-state index is 0.427. The summed E-state index contributed by atoms with van der Waals surface area (Å²) in [6, 6.07) is 6.33. The van der Waals surface area contributed by atoms with Gasteiger partial charge in [0.25, 0.3) is 0 Å². The topological polar surface area (TPSA) is 29.9 Å². The number of imidazole rings is 1. The first-order valence-corrected chi connectivity index (χ1v) is 6.92. The second-order valence-corrected chi connectivity index (χ2v) is 4.95.